The molecule has 0 spiro atoms. The second-order valence-corrected chi connectivity index (χ2v) is 13.1. The topological polar surface area (TPSA) is 71.1 Å². The van der Waals surface area contributed by atoms with Gasteiger partial charge in [0.2, 0.25) is 0 Å². The summed E-state index contributed by atoms with van der Waals surface area (Å²) in [4.78, 5) is 26.9. The predicted octanol–water partition coefficient (Wildman–Crippen LogP) is 11.0. The van der Waals surface area contributed by atoms with Crippen molar-refractivity contribution in [2.24, 2.45) is 5.92 Å². The summed E-state index contributed by atoms with van der Waals surface area (Å²) in [7, 11) is 0. The molecule has 3 aromatic carbocycles. The van der Waals surface area contributed by atoms with Gasteiger partial charge < -0.3 is 18.9 Å². The fourth-order valence-electron chi connectivity index (χ4n) is 6.31. The average molecular weight is 657 g/mol. The highest BCUT2D eigenvalue weighted by atomic mass is 16.6. The van der Waals surface area contributed by atoms with Crippen LogP contribution >= 0.6 is 0 Å². The number of carbonyl (C=O) groups is 2. The molecule has 1 aliphatic rings. The number of hydrogen-bond donors (Lipinski definition) is 0. The number of hydrogen-bond acceptors (Lipinski definition) is 6. The minimum Gasteiger partial charge on any atom is -0.494 e. The second kappa shape index (κ2) is 21.2. The summed E-state index contributed by atoms with van der Waals surface area (Å²) in [5, 5.41) is 0. The van der Waals surface area contributed by atoms with E-state index in [4.69, 9.17) is 18.9 Å². The fraction of sp³-hybridized carbons (Fsp3) is 0.524. The van der Waals surface area contributed by atoms with Gasteiger partial charge in [-0.25, -0.2) is 4.79 Å². The first-order valence-corrected chi connectivity index (χ1v) is 18.5. The standard InChI is InChI=1S/C42H56O6/c1-3-5-7-9-11-12-14-19-29-45-35-25-27-36(28-26-35)47-41(43)34-31-33-21-15-16-22-37(33)40(32-34)48-42(44)38-23-17-18-24-39(38)46-30-20-13-10-8-6-4-2/h15-18,21-28,34,40H,3-14,19-20,29-32H2,1-2H3/t34?,40-/m1/s1. The van der Waals surface area contributed by atoms with E-state index in [0.717, 1.165) is 36.1 Å². The minimum atomic E-state index is -0.571. The van der Waals surface area contributed by atoms with Gasteiger partial charge in [0, 0.05) is 6.42 Å². The van der Waals surface area contributed by atoms with Gasteiger partial charge in [-0.05, 0) is 66.8 Å². The summed E-state index contributed by atoms with van der Waals surface area (Å²) < 4.78 is 23.8. The van der Waals surface area contributed by atoms with Gasteiger partial charge in [-0.2, -0.15) is 0 Å². The number of esters is 2. The van der Waals surface area contributed by atoms with Gasteiger partial charge in [-0.3, -0.25) is 4.79 Å². The third-order valence-electron chi connectivity index (χ3n) is 9.12. The first-order chi connectivity index (χ1) is 23.6. The third kappa shape index (κ3) is 12.3. The van der Waals surface area contributed by atoms with Crippen LogP contribution in [0.25, 0.3) is 0 Å². The molecule has 0 radical (unpaired) electrons. The van der Waals surface area contributed by atoms with Gasteiger partial charge in [-0.1, -0.05) is 127 Å². The van der Waals surface area contributed by atoms with Crippen molar-refractivity contribution in [3.63, 3.8) is 0 Å². The predicted molar refractivity (Wildman–Crippen MR) is 192 cm³/mol. The van der Waals surface area contributed by atoms with E-state index < -0.39 is 18.0 Å². The van der Waals surface area contributed by atoms with Crippen molar-refractivity contribution in [3.05, 3.63) is 89.5 Å². The highest BCUT2D eigenvalue weighted by Gasteiger charge is 2.35. The van der Waals surface area contributed by atoms with Crippen molar-refractivity contribution in [2.45, 2.75) is 123 Å². The average Bonchev–Trinajstić information content (AvgIpc) is 3.11. The molecule has 4 rings (SSSR count). The molecule has 0 bridgehead atoms. The Labute approximate surface area is 288 Å². The lowest BCUT2D eigenvalue weighted by Gasteiger charge is -2.30. The first-order valence-electron chi connectivity index (χ1n) is 18.5. The Morgan fingerprint density at radius 3 is 1.88 bits per heavy atom. The number of carbonyl (C=O) groups excluding carboxylic acids is 2. The molecule has 0 saturated heterocycles. The Morgan fingerprint density at radius 1 is 0.625 bits per heavy atom. The van der Waals surface area contributed by atoms with Crippen molar-refractivity contribution < 1.29 is 28.5 Å². The zero-order valence-electron chi connectivity index (χ0n) is 29.3. The monoisotopic (exact) mass is 656 g/mol. The van der Waals surface area contributed by atoms with Crippen LogP contribution in [0.5, 0.6) is 17.2 Å². The molecule has 0 saturated carbocycles. The Hall–Kier alpha value is -3.80. The smallest absolute Gasteiger partial charge is 0.342 e. The van der Waals surface area contributed by atoms with Crippen molar-refractivity contribution >= 4 is 11.9 Å². The van der Waals surface area contributed by atoms with Crippen LogP contribution in [0.2, 0.25) is 0 Å². The van der Waals surface area contributed by atoms with E-state index in [9.17, 15) is 9.59 Å². The SMILES string of the molecule is CCCCCCCCCCOc1ccc(OC(=O)C2Cc3ccccc3[C@H](OC(=O)c3ccccc3OCCCCCCCC)C2)cc1. The van der Waals surface area contributed by atoms with Crippen LogP contribution in [0.15, 0.2) is 72.8 Å². The molecule has 3 aromatic rings. The van der Waals surface area contributed by atoms with Crippen LogP contribution in [0, 0.1) is 5.92 Å². The van der Waals surface area contributed by atoms with Gasteiger partial charge >= 0.3 is 11.9 Å². The third-order valence-corrected chi connectivity index (χ3v) is 9.12. The van der Waals surface area contributed by atoms with Crippen molar-refractivity contribution in [3.8, 4) is 17.2 Å². The fourth-order valence-corrected chi connectivity index (χ4v) is 6.31. The molecule has 0 heterocycles. The molecule has 0 fully saturated rings. The maximum Gasteiger partial charge on any atom is 0.342 e. The highest BCUT2D eigenvalue weighted by Crippen LogP contribution is 2.37. The molecule has 0 aliphatic heterocycles. The van der Waals surface area contributed by atoms with Crippen molar-refractivity contribution in [1.82, 2.24) is 0 Å². The van der Waals surface area contributed by atoms with E-state index in [1.165, 1.54) is 70.6 Å². The van der Waals surface area contributed by atoms with Crippen molar-refractivity contribution in [1.29, 1.82) is 0 Å². The molecule has 260 valence electrons. The van der Waals surface area contributed by atoms with Gasteiger partial charge in [0.15, 0.2) is 0 Å². The maximum atomic E-state index is 13.5. The van der Waals surface area contributed by atoms with Crippen LogP contribution < -0.4 is 14.2 Å². The summed E-state index contributed by atoms with van der Waals surface area (Å²) in [6.07, 6.45) is 17.4. The van der Waals surface area contributed by atoms with Gasteiger partial charge in [-0.15, -0.1) is 0 Å². The van der Waals surface area contributed by atoms with Crippen LogP contribution in [0.3, 0.4) is 0 Å². The van der Waals surface area contributed by atoms with Crippen LogP contribution in [-0.4, -0.2) is 25.2 Å². The van der Waals surface area contributed by atoms with Gasteiger partial charge in [0.1, 0.15) is 28.9 Å². The molecular formula is C42H56O6. The summed E-state index contributed by atoms with van der Waals surface area (Å²) in [6.45, 7) is 5.70. The zero-order chi connectivity index (χ0) is 33.8. The van der Waals surface area contributed by atoms with E-state index in [1.807, 2.05) is 54.6 Å². The molecule has 0 N–H and O–H groups in total. The summed E-state index contributed by atoms with van der Waals surface area (Å²) in [5.74, 6) is 0.540. The number of fused-ring (bicyclic) bond motifs is 1. The molecular weight excluding hydrogens is 600 g/mol. The molecule has 0 amide bonds. The molecule has 6 nitrogen and oxygen atoms in total. The Kier molecular flexibility index (Phi) is 16.4. The first kappa shape index (κ1) is 37.0. The van der Waals surface area contributed by atoms with E-state index in [0.29, 0.717) is 43.1 Å². The zero-order valence-corrected chi connectivity index (χ0v) is 29.3. The van der Waals surface area contributed by atoms with E-state index in [2.05, 4.69) is 13.8 Å². The molecule has 1 aliphatic carbocycles. The Bertz CT molecular complexity index is 1370. The van der Waals surface area contributed by atoms with Crippen LogP contribution in [0.1, 0.15) is 138 Å². The van der Waals surface area contributed by atoms with Gasteiger partial charge in [0.25, 0.3) is 0 Å². The van der Waals surface area contributed by atoms with Crippen LogP contribution in [0.4, 0.5) is 0 Å². The number of rotatable bonds is 22. The quantitative estimate of drug-likeness (QED) is 0.0609. The second-order valence-electron chi connectivity index (χ2n) is 13.1. The lowest BCUT2D eigenvalue weighted by Crippen LogP contribution is -2.30. The normalized spacial score (nSPS) is 15.4. The van der Waals surface area contributed by atoms with E-state index >= 15 is 0 Å². The minimum absolute atomic E-state index is 0.333. The molecule has 6 heteroatoms. The number of para-hydroxylation sites is 1. The lowest BCUT2D eigenvalue weighted by atomic mass is 9.82. The molecule has 2 atom stereocenters. The van der Waals surface area contributed by atoms with E-state index in [-0.39, 0.29) is 5.97 Å². The maximum absolute atomic E-state index is 13.5. The molecule has 0 aromatic heterocycles. The molecule has 48 heavy (non-hydrogen) atoms. The number of unbranched alkanes of at least 4 members (excludes halogenated alkanes) is 12. The van der Waals surface area contributed by atoms with E-state index in [1.54, 1.807) is 18.2 Å². The van der Waals surface area contributed by atoms with Crippen LogP contribution in [-0.2, 0) is 16.0 Å². The highest BCUT2D eigenvalue weighted by molar-refractivity contribution is 5.92. The number of ether oxygens (including phenoxy) is 4. The Balaban J connectivity index is 1.27. The molecule has 1 unspecified atom stereocenters. The number of benzene rings is 3. The Morgan fingerprint density at radius 2 is 1.19 bits per heavy atom. The van der Waals surface area contributed by atoms with Gasteiger partial charge in [0.05, 0.1) is 19.1 Å². The summed E-state index contributed by atoms with van der Waals surface area (Å²) >= 11 is 0. The summed E-state index contributed by atoms with van der Waals surface area (Å²) in [5.41, 5.74) is 2.31. The summed E-state index contributed by atoms with van der Waals surface area (Å²) in [6, 6.07) is 22.3. The largest absolute Gasteiger partial charge is 0.494 e. The lowest BCUT2D eigenvalue weighted by molar-refractivity contribution is -0.140. The van der Waals surface area contributed by atoms with Crippen molar-refractivity contribution in [2.75, 3.05) is 13.2 Å².